The molecule has 16 heavy (non-hydrogen) atoms. The molecule has 1 heterocycles. The van der Waals surface area contributed by atoms with Crippen molar-refractivity contribution in [1.82, 2.24) is 0 Å². The van der Waals surface area contributed by atoms with Crippen molar-refractivity contribution in [2.75, 3.05) is 0 Å². The SMILES string of the molecule is CCCCCCCCC1O[C@@H](C)C[C@H](C)O1. The smallest absolute Gasteiger partial charge is 0.158 e. The molecule has 1 rings (SSSR count). The molecular formula is C14H28O2. The van der Waals surface area contributed by atoms with Crippen molar-refractivity contribution in [1.29, 1.82) is 0 Å². The first-order valence-corrected chi connectivity index (χ1v) is 7.03. The molecule has 0 aromatic heterocycles. The van der Waals surface area contributed by atoms with Crippen LogP contribution in [0.15, 0.2) is 0 Å². The molecule has 0 aromatic carbocycles. The van der Waals surface area contributed by atoms with E-state index in [1.54, 1.807) is 0 Å². The van der Waals surface area contributed by atoms with Gasteiger partial charge < -0.3 is 9.47 Å². The van der Waals surface area contributed by atoms with E-state index in [0.717, 1.165) is 12.8 Å². The Morgan fingerprint density at radius 3 is 2.06 bits per heavy atom. The van der Waals surface area contributed by atoms with Crippen molar-refractivity contribution in [3.8, 4) is 0 Å². The van der Waals surface area contributed by atoms with Gasteiger partial charge in [0.25, 0.3) is 0 Å². The fourth-order valence-electron chi connectivity index (χ4n) is 2.36. The van der Waals surface area contributed by atoms with E-state index in [1.807, 2.05) is 0 Å². The average Bonchev–Trinajstić information content (AvgIpc) is 2.22. The summed E-state index contributed by atoms with van der Waals surface area (Å²) >= 11 is 0. The lowest BCUT2D eigenvalue weighted by Crippen LogP contribution is -2.35. The van der Waals surface area contributed by atoms with Crippen molar-refractivity contribution in [3.63, 3.8) is 0 Å². The lowest BCUT2D eigenvalue weighted by Gasteiger charge is -2.32. The summed E-state index contributed by atoms with van der Waals surface area (Å²) in [5.74, 6) is 0. The van der Waals surface area contributed by atoms with Gasteiger partial charge in [-0.25, -0.2) is 0 Å². The fourth-order valence-corrected chi connectivity index (χ4v) is 2.36. The van der Waals surface area contributed by atoms with Crippen LogP contribution in [0.5, 0.6) is 0 Å². The normalized spacial score (nSPS) is 30.6. The highest BCUT2D eigenvalue weighted by Gasteiger charge is 2.24. The third-order valence-corrected chi connectivity index (χ3v) is 3.23. The summed E-state index contributed by atoms with van der Waals surface area (Å²) in [6, 6.07) is 0. The number of hydrogen-bond donors (Lipinski definition) is 0. The number of ether oxygens (including phenoxy) is 2. The van der Waals surface area contributed by atoms with E-state index < -0.39 is 0 Å². The summed E-state index contributed by atoms with van der Waals surface area (Å²) in [7, 11) is 0. The predicted octanol–water partition coefficient (Wildman–Crippen LogP) is 4.28. The van der Waals surface area contributed by atoms with Gasteiger partial charge in [-0.1, -0.05) is 39.0 Å². The first kappa shape index (κ1) is 14.0. The van der Waals surface area contributed by atoms with E-state index in [2.05, 4.69) is 20.8 Å². The molecule has 0 aliphatic carbocycles. The molecule has 0 aromatic rings. The van der Waals surface area contributed by atoms with Crippen LogP contribution < -0.4 is 0 Å². The van der Waals surface area contributed by atoms with Crippen LogP contribution in [0.1, 0.15) is 72.1 Å². The van der Waals surface area contributed by atoms with Crippen LogP contribution in [-0.2, 0) is 9.47 Å². The Morgan fingerprint density at radius 2 is 1.44 bits per heavy atom. The molecule has 1 saturated heterocycles. The monoisotopic (exact) mass is 228 g/mol. The number of unbranched alkanes of at least 4 members (excludes halogenated alkanes) is 5. The lowest BCUT2D eigenvalue weighted by molar-refractivity contribution is -0.236. The Balaban J connectivity index is 1.99. The molecule has 0 unspecified atom stereocenters. The fraction of sp³-hybridized carbons (Fsp3) is 1.00. The van der Waals surface area contributed by atoms with Crippen molar-refractivity contribution in [2.24, 2.45) is 0 Å². The van der Waals surface area contributed by atoms with Gasteiger partial charge in [0.05, 0.1) is 12.2 Å². The van der Waals surface area contributed by atoms with Gasteiger partial charge in [-0.3, -0.25) is 0 Å². The second kappa shape index (κ2) is 8.08. The Morgan fingerprint density at radius 1 is 0.875 bits per heavy atom. The summed E-state index contributed by atoms with van der Waals surface area (Å²) in [5, 5.41) is 0. The highest BCUT2D eigenvalue weighted by atomic mass is 16.7. The maximum Gasteiger partial charge on any atom is 0.158 e. The van der Waals surface area contributed by atoms with Crippen LogP contribution in [0.25, 0.3) is 0 Å². The molecule has 0 N–H and O–H groups in total. The van der Waals surface area contributed by atoms with Gasteiger partial charge in [0.1, 0.15) is 0 Å². The quantitative estimate of drug-likeness (QED) is 0.606. The minimum atomic E-state index is 0.0601. The topological polar surface area (TPSA) is 18.5 Å². The second-order valence-corrected chi connectivity index (χ2v) is 5.12. The van der Waals surface area contributed by atoms with Gasteiger partial charge in [0, 0.05) is 0 Å². The maximum atomic E-state index is 5.76. The molecule has 0 amide bonds. The zero-order chi connectivity index (χ0) is 11.8. The van der Waals surface area contributed by atoms with Crippen LogP contribution in [-0.4, -0.2) is 18.5 Å². The van der Waals surface area contributed by atoms with E-state index in [1.165, 1.54) is 38.5 Å². The van der Waals surface area contributed by atoms with Gasteiger partial charge in [0.15, 0.2) is 6.29 Å². The summed E-state index contributed by atoms with van der Waals surface area (Å²) in [4.78, 5) is 0. The van der Waals surface area contributed by atoms with Crippen LogP contribution in [0, 0.1) is 0 Å². The largest absolute Gasteiger partial charge is 0.350 e. The predicted molar refractivity (Wildman–Crippen MR) is 67.5 cm³/mol. The van der Waals surface area contributed by atoms with Gasteiger partial charge in [-0.15, -0.1) is 0 Å². The van der Waals surface area contributed by atoms with E-state index in [4.69, 9.17) is 9.47 Å². The summed E-state index contributed by atoms with van der Waals surface area (Å²) in [5.41, 5.74) is 0. The van der Waals surface area contributed by atoms with Crippen LogP contribution in [0.3, 0.4) is 0 Å². The summed E-state index contributed by atoms with van der Waals surface area (Å²) in [6.07, 6.45) is 10.9. The Labute approximate surface area is 101 Å². The molecule has 1 fully saturated rings. The number of hydrogen-bond acceptors (Lipinski definition) is 2. The van der Waals surface area contributed by atoms with Crippen molar-refractivity contribution in [2.45, 2.75) is 90.6 Å². The van der Waals surface area contributed by atoms with Gasteiger partial charge in [-0.2, -0.15) is 0 Å². The molecule has 1 aliphatic heterocycles. The standard InChI is InChI=1S/C14H28O2/c1-4-5-6-7-8-9-10-14-15-12(2)11-13(3)16-14/h12-14H,4-11H2,1-3H3/t12-,13-/m0/s1. The molecule has 2 atom stereocenters. The van der Waals surface area contributed by atoms with E-state index in [-0.39, 0.29) is 6.29 Å². The van der Waals surface area contributed by atoms with Gasteiger partial charge in [-0.05, 0) is 33.1 Å². The Bertz CT molecular complexity index is 160. The number of rotatable bonds is 7. The van der Waals surface area contributed by atoms with E-state index >= 15 is 0 Å². The molecule has 0 bridgehead atoms. The van der Waals surface area contributed by atoms with Gasteiger partial charge in [0.2, 0.25) is 0 Å². The third-order valence-electron chi connectivity index (χ3n) is 3.23. The van der Waals surface area contributed by atoms with Crippen LogP contribution >= 0.6 is 0 Å². The molecule has 0 radical (unpaired) electrons. The molecule has 2 nitrogen and oxygen atoms in total. The molecule has 0 saturated carbocycles. The molecule has 96 valence electrons. The third kappa shape index (κ3) is 5.86. The molecular weight excluding hydrogens is 200 g/mol. The zero-order valence-electron chi connectivity index (χ0n) is 11.2. The minimum Gasteiger partial charge on any atom is -0.350 e. The van der Waals surface area contributed by atoms with Crippen LogP contribution in [0.4, 0.5) is 0 Å². The first-order valence-electron chi connectivity index (χ1n) is 7.03. The van der Waals surface area contributed by atoms with Crippen molar-refractivity contribution in [3.05, 3.63) is 0 Å². The van der Waals surface area contributed by atoms with E-state index in [9.17, 15) is 0 Å². The molecule has 2 heteroatoms. The molecule has 0 spiro atoms. The second-order valence-electron chi connectivity index (χ2n) is 5.12. The van der Waals surface area contributed by atoms with E-state index in [0.29, 0.717) is 12.2 Å². The Kier molecular flexibility index (Phi) is 7.06. The summed E-state index contributed by atoms with van der Waals surface area (Å²) < 4.78 is 11.5. The van der Waals surface area contributed by atoms with Crippen molar-refractivity contribution < 1.29 is 9.47 Å². The van der Waals surface area contributed by atoms with Crippen molar-refractivity contribution >= 4 is 0 Å². The zero-order valence-corrected chi connectivity index (χ0v) is 11.2. The first-order chi connectivity index (χ1) is 7.72. The minimum absolute atomic E-state index is 0.0601. The average molecular weight is 228 g/mol. The Hall–Kier alpha value is -0.0800. The maximum absolute atomic E-state index is 5.76. The summed E-state index contributed by atoms with van der Waals surface area (Å²) in [6.45, 7) is 6.55. The van der Waals surface area contributed by atoms with Crippen LogP contribution in [0.2, 0.25) is 0 Å². The molecule has 1 aliphatic rings. The highest BCUT2D eigenvalue weighted by Crippen LogP contribution is 2.21. The lowest BCUT2D eigenvalue weighted by atomic mass is 10.1. The highest BCUT2D eigenvalue weighted by molar-refractivity contribution is 4.65. The van der Waals surface area contributed by atoms with Gasteiger partial charge >= 0.3 is 0 Å².